The van der Waals surface area contributed by atoms with Gasteiger partial charge in [-0.3, -0.25) is 0 Å². The largest absolute Gasteiger partial charge is 0.496 e. The Morgan fingerprint density at radius 2 is 2.18 bits per heavy atom. The minimum atomic E-state index is -1.02. The molecule has 0 atom stereocenters. The molecule has 4 nitrogen and oxygen atoms in total. The number of methoxy groups -OCH3 is 1. The van der Waals surface area contributed by atoms with E-state index in [1.165, 1.54) is 0 Å². The maximum Gasteiger partial charge on any atom is 0.404 e. The molecule has 0 saturated heterocycles. The molecule has 0 saturated carbocycles. The van der Waals surface area contributed by atoms with Crippen molar-refractivity contribution in [2.45, 2.75) is 19.3 Å². The molecule has 1 aromatic rings. The van der Waals surface area contributed by atoms with Gasteiger partial charge in [-0.05, 0) is 18.2 Å². The van der Waals surface area contributed by atoms with E-state index in [1.54, 1.807) is 7.11 Å². The third-order valence-electron chi connectivity index (χ3n) is 2.57. The van der Waals surface area contributed by atoms with E-state index in [0.29, 0.717) is 6.54 Å². The van der Waals surface area contributed by atoms with E-state index in [-0.39, 0.29) is 5.41 Å². The SMILES string of the molecule is COc1ccc(Br)cc1C(C)(C)CNC(=O)O. The second kappa shape index (κ2) is 5.40. The Hall–Kier alpha value is -1.23. The summed E-state index contributed by atoms with van der Waals surface area (Å²) >= 11 is 3.41. The molecule has 0 aliphatic heterocycles. The van der Waals surface area contributed by atoms with E-state index >= 15 is 0 Å². The van der Waals surface area contributed by atoms with Crippen LogP contribution < -0.4 is 10.1 Å². The lowest BCUT2D eigenvalue weighted by atomic mass is 9.84. The maximum absolute atomic E-state index is 10.5. The zero-order valence-electron chi connectivity index (χ0n) is 10.1. The average Bonchev–Trinajstić information content (AvgIpc) is 2.26. The number of nitrogens with one attached hydrogen (secondary N) is 1. The maximum atomic E-state index is 10.5. The molecule has 0 aromatic heterocycles. The Morgan fingerprint density at radius 1 is 1.53 bits per heavy atom. The van der Waals surface area contributed by atoms with Crippen LogP contribution in [0.4, 0.5) is 4.79 Å². The molecule has 0 heterocycles. The summed E-state index contributed by atoms with van der Waals surface area (Å²) in [6.07, 6.45) is -1.02. The van der Waals surface area contributed by atoms with Crippen LogP contribution in [0.1, 0.15) is 19.4 Å². The van der Waals surface area contributed by atoms with E-state index in [4.69, 9.17) is 9.84 Å². The zero-order valence-corrected chi connectivity index (χ0v) is 11.7. The predicted molar refractivity (Wildman–Crippen MR) is 69.7 cm³/mol. The van der Waals surface area contributed by atoms with Crippen molar-refractivity contribution < 1.29 is 14.6 Å². The summed E-state index contributed by atoms with van der Waals surface area (Å²) in [6.45, 7) is 4.26. The lowest BCUT2D eigenvalue weighted by Gasteiger charge is -2.27. The average molecular weight is 302 g/mol. The molecule has 94 valence electrons. The second-order valence-corrected chi connectivity index (χ2v) is 5.30. The van der Waals surface area contributed by atoms with Crippen LogP contribution in [-0.4, -0.2) is 24.9 Å². The summed E-state index contributed by atoms with van der Waals surface area (Å²) in [5.74, 6) is 0.755. The Balaban J connectivity index is 3.03. The van der Waals surface area contributed by atoms with Crippen LogP contribution in [0.15, 0.2) is 22.7 Å². The number of halogens is 1. The van der Waals surface area contributed by atoms with Crippen molar-refractivity contribution in [3.05, 3.63) is 28.2 Å². The fourth-order valence-corrected chi connectivity index (χ4v) is 1.96. The summed E-state index contributed by atoms with van der Waals surface area (Å²) in [5.41, 5.74) is 0.621. The molecule has 0 aliphatic rings. The highest BCUT2D eigenvalue weighted by Crippen LogP contribution is 2.33. The highest BCUT2D eigenvalue weighted by molar-refractivity contribution is 9.10. The molecule has 0 spiro atoms. The van der Waals surface area contributed by atoms with Crippen molar-refractivity contribution in [2.75, 3.05) is 13.7 Å². The quantitative estimate of drug-likeness (QED) is 0.899. The molecule has 1 amide bonds. The summed E-state index contributed by atoms with van der Waals surface area (Å²) < 4.78 is 6.24. The van der Waals surface area contributed by atoms with Gasteiger partial charge in [-0.25, -0.2) is 4.79 Å². The first-order valence-electron chi connectivity index (χ1n) is 5.17. The number of hydrogen-bond acceptors (Lipinski definition) is 2. The fraction of sp³-hybridized carbons (Fsp3) is 0.417. The first-order chi connectivity index (χ1) is 7.86. The van der Waals surface area contributed by atoms with Crippen molar-refractivity contribution in [2.24, 2.45) is 0 Å². The molecule has 1 rings (SSSR count). The third kappa shape index (κ3) is 3.63. The second-order valence-electron chi connectivity index (χ2n) is 4.39. The number of benzene rings is 1. The number of carbonyl (C=O) groups is 1. The molecule has 0 aliphatic carbocycles. The van der Waals surface area contributed by atoms with Gasteiger partial charge in [0, 0.05) is 22.0 Å². The summed E-state index contributed by atoms with van der Waals surface area (Å²) in [7, 11) is 1.60. The van der Waals surface area contributed by atoms with Gasteiger partial charge in [0.2, 0.25) is 0 Å². The van der Waals surface area contributed by atoms with Crippen molar-refractivity contribution in [3.8, 4) is 5.75 Å². The Morgan fingerprint density at radius 3 is 2.71 bits per heavy atom. The summed E-state index contributed by atoms with van der Waals surface area (Å²) in [4.78, 5) is 10.5. The highest BCUT2D eigenvalue weighted by Gasteiger charge is 2.25. The topological polar surface area (TPSA) is 58.6 Å². The van der Waals surface area contributed by atoms with Gasteiger partial charge >= 0.3 is 6.09 Å². The van der Waals surface area contributed by atoms with Crippen LogP contribution in [0, 0.1) is 0 Å². The normalized spacial score (nSPS) is 11.1. The van der Waals surface area contributed by atoms with Crippen LogP contribution in [0.5, 0.6) is 5.75 Å². The molecule has 17 heavy (non-hydrogen) atoms. The molecule has 0 bridgehead atoms. The van der Waals surface area contributed by atoms with Crippen molar-refractivity contribution >= 4 is 22.0 Å². The summed E-state index contributed by atoms with van der Waals surface area (Å²) in [6, 6.07) is 5.70. The van der Waals surface area contributed by atoms with Gasteiger partial charge in [0.15, 0.2) is 0 Å². The van der Waals surface area contributed by atoms with Gasteiger partial charge in [-0.2, -0.15) is 0 Å². The van der Waals surface area contributed by atoms with E-state index < -0.39 is 6.09 Å². The smallest absolute Gasteiger partial charge is 0.404 e. The van der Waals surface area contributed by atoms with Gasteiger partial charge < -0.3 is 15.2 Å². The molecule has 5 heteroatoms. The van der Waals surface area contributed by atoms with Gasteiger partial charge in [-0.1, -0.05) is 29.8 Å². The molecule has 2 N–H and O–H groups in total. The minimum Gasteiger partial charge on any atom is -0.496 e. The van der Waals surface area contributed by atoms with E-state index in [0.717, 1.165) is 15.8 Å². The van der Waals surface area contributed by atoms with Gasteiger partial charge in [-0.15, -0.1) is 0 Å². The molecular weight excluding hydrogens is 286 g/mol. The lowest BCUT2D eigenvalue weighted by molar-refractivity contribution is 0.191. The molecule has 0 radical (unpaired) electrons. The molecule has 0 fully saturated rings. The Bertz CT molecular complexity index is 418. The third-order valence-corrected chi connectivity index (χ3v) is 3.07. The van der Waals surface area contributed by atoms with Crippen LogP contribution >= 0.6 is 15.9 Å². The van der Waals surface area contributed by atoms with Crippen LogP contribution in [0.2, 0.25) is 0 Å². The number of rotatable bonds is 4. The summed E-state index contributed by atoms with van der Waals surface area (Å²) in [5, 5.41) is 11.1. The Labute approximate surface area is 109 Å². The van der Waals surface area contributed by atoms with E-state index in [1.807, 2.05) is 32.0 Å². The first-order valence-corrected chi connectivity index (χ1v) is 5.97. The molecular formula is C12H16BrNO3. The number of carboxylic acid groups (broad SMARTS) is 1. The predicted octanol–water partition coefficient (Wildman–Crippen LogP) is 3.00. The minimum absolute atomic E-state index is 0.329. The van der Waals surface area contributed by atoms with Gasteiger partial charge in [0.05, 0.1) is 7.11 Å². The zero-order chi connectivity index (χ0) is 13.1. The standard InChI is InChI=1S/C12H16BrNO3/c1-12(2,7-14-11(15)16)9-6-8(13)4-5-10(9)17-3/h4-6,14H,7H2,1-3H3,(H,15,16). The molecule has 1 aromatic carbocycles. The number of hydrogen-bond donors (Lipinski definition) is 2. The van der Waals surface area contributed by atoms with Crippen LogP contribution in [-0.2, 0) is 5.41 Å². The molecule has 0 unspecified atom stereocenters. The van der Waals surface area contributed by atoms with Crippen molar-refractivity contribution in [3.63, 3.8) is 0 Å². The number of ether oxygens (including phenoxy) is 1. The van der Waals surface area contributed by atoms with E-state index in [9.17, 15) is 4.79 Å². The van der Waals surface area contributed by atoms with Gasteiger partial charge in [0.25, 0.3) is 0 Å². The first kappa shape index (κ1) is 13.8. The highest BCUT2D eigenvalue weighted by atomic mass is 79.9. The van der Waals surface area contributed by atoms with Gasteiger partial charge in [0.1, 0.15) is 5.75 Å². The van der Waals surface area contributed by atoms with Crippen molar-refractivity contribution in [1.29, 1.82) is 0 Å². The lowest BCUT2D eigenvalue weighted by Crippen LogP contribution is -2.36. The van der Waals surface area contributed by atoms with Crippen LogP contribution in [0.3, 0.4) is 0 Å². The monoisotopic (exact) mass is 301 g/mol. The van der Waals surface area contributed by atoms with E-state index in [2.05, 4.69) is 21.2 Å². The number of amides is 1. The van der Waals surface area contributed by atoms with Crippen LogP contribution in [0.25, 0.3) is 0 Å². The fourth-order valence-electron chi connectivity index (χ4n) is 1.60. The Kier molecular flexibility index (Phi) is 4.40. The van der Waals surface area contributed by atoms with Crippen molar-refractivity contribution in [1.82, 2.24) is 5.32 Å².